The summed E-state index contributed by atoms with van der Waals surface area (Å²) < 4.78 is 11.1. The minimum Gasteiger partial charge on any atom is -0.488 e. The van der Waals surface area contributed by atoms with Crippen molar-refractivity contribution < 1.29 is 9.47 Å². The summed E-state index contributed by atoms with van der Waals surface area (Å²) in [6.07, 6.45) is 0.0103. The Labute approximate surface area is 175 Å². The maximum atomic E-state index is 6.48. The molecule has 1 aliphatic rings. The lowest BCUT2D eigenvalue weighted by atomic mass is 10.2. The maximum Gasteiger partial charge on any atom is 0.156 e. The summed E-state index contributed by atoms with van der Waals surface area (Å²) in [6.45, 7) is 7.62. The molecule has 0 amide bonds. The minimum atomic E-state index is 0.0103. The fourth-order valence-electron chi connectivity index (χ4n) is 2.94. The molecule has 1 saturated heterocycles. The number of halogens is 3. The Hall–Kier alpha value is -1.33. The summed E-state index contributed by atoms with van der Waals surface area (Å²) in [4.78, 5) is 2.24. The highest BCUT2D eigenvalue weighted by atomic mass is 35.5. The van der Waals surface area contributed by atoms with Gasteiger partial charge in [0.2, 0.25) is 0 Å². The molecule has 0 bridgehead atoms. The minimum absolute atomic E-state index is 0.0103. The molecule has 0 unspecified atom stereocenters. The zero-order valence-corrected chi connectivity index (χ0v) is 17.7. The van der Waals surface area contributed by atoms with Crippen molar-refractivity contribution >= 4 is 46.2 Å². The van der Waals surface area contributed by atoms with Gasteiger partial charge < -0.3 is 19.7 Å². The first-order valence-electron chi connectivity index (χ1n) is 8.94. The van der Waals surface area contributed by atoms with Gasteiger partial charge in [-0.25, -0.2) is 0 Å². The van der Waals surface area contributed by atoms with Gasteiger partial charge in [-0.15, -0.1) is 0 Å². The van der Waals surface area contributed by atoms with Crippen LogP contribution in [0.3, 0.4) is 0 Å². The van der Waals surface area contributed by atoms with E-state index >= 15 is 0 Å². The molecule has 3 rings (SSSR count). The quantitative estimate of drug-likeness (QED) is 0.621. The summed E-state index contributed by atoms with van der Waals surface area (Å²) in [5, 5.41) is 5.10. The molecule has 7 heteroatoms. The molecule has 1 heterocycles. The second-order valence-electron chi connectivity index (χ2n) is 6.67. The van der Waals surface area contributed by atoms with Crippen LogP contribution in [0.1, 0.15) is 19.4 Å². The van der Waals surface area contributed by atoms with E-state index in [1.807, 2.05) is 44.2 Å². The van der Waals surface area contributed by atoms with Gasteiger partial charge in [-0.2, -0.15) is 0 Å². The highest BCUT2D eigenvalue weighted by Gasteiger charge is 2.15. The third-order valence-corrected chi connectivity index (χ3v) is 5.07. The number of ether oxygens (including phenoxy) is 2. The zero-order chi connectivity index (χ0) is 19.4. The van der Waals surface area contributed by atoms with E-state index in [1.54, 1.807) is 0 Å². The van der Waals surface area contributed by atoms with E-state index in [9.17, 15) is 0 Å². The van der Waals surface area contributed by atoms with Crippen LogP contribution in [-0.4, -0.2) is 32.4 Å². The number of nitrogens with zero attached hydrogens (tertiary/aromatic N) is 1. The molecule has 1 fully saturated rings. The number of benzene rings is 2. The molecular weight excluding hydrogens is 407 g/mol. The lowest BCUT2D eigenvalue weighted by Crippen LogP contribution is -2.36. The Bertz CT molecular complexity index is 770. The Morgan fingerprint density at radius 3 is 2.30 bits per heavy atom. The zero-order valence-electron chi connectivity index (χ0n) is 15.4. The van der Waals surface area contributed by atoms with Crippen LogP contribution in [0, 0.1) is 0 Å². The van der Waals surface area contributed by atoms with E-state index in [4.69, 9.17) is 44.3 Å². The predicted molar refractivity (Wildman–Crippen MR) is 114 cm³/mol. The number of nitrogens with one attached hydrogen (secondary N) is 1. The van der Waals surface area contributed by atoms with Crippen molar-refractivity contribution in [3.05, 3.63) is 51.0 Å². The molecule has 0 atom stereocenters. The first kappa shape index (κ1) is 20.4. The van der Waals surface area contributed by atoms with Gasteiger partial charge in [0, 0.05) is 25.3 Å². The summed E-state index contributed by atoms with van der Waals surface area (Å²) in [5.41, 5.74) is 2.94. The van der Waals surface area contributed by atoms with E-state index in [1.165, 1.54) is 0 Å². The van der Waals surface area contributed by atoms with Gasteiger partial charge in [0.15, 0.2) is 5.75 Å². The van der Waals surface area contributed by atoms with Crippen LogP contribution < -0.4 is 15.0 Å². The van der Waals surface area contributed by atoms with Crippen LogP contribution in [0.4, 0.5) is 11.4 Å². The van der Waals surface area contributed by atoms with Gasteiger partial charge in [0.05, 0.1) is 40.1 Å². The summed E-state index contributed by atoms with van der Waals surface area (Å²) in [5.74, 6) is 0.523. The molecule has 0 aromatic heterocycles. The summed E-state index contributed by atoms with van der Waals surface area (Å²) >= 11 is 19.1. The van der Waals surface area contributed by atoms with Crippen LogP contribution >= 0.6 is 34.8 Å². The van der Waals surface area contributed by atoms with E-state index in [2.05, 4.69) is 10.2 Å². The Morgan fingerprint density at radius 1 is 1.04 bits per heavy atom. The molecule has 0 spiro atoms. The van der Waals surface area contributed by atoms with Gasteiger partial charge in [0.25, 0.3) is 0 Å². The SMILES string of the molecule is CC(C)Oc1c(Cl)cc(CNc2ccc(N3CCOCC3)c(Cl)c2)cc1Cl. The Morgan fingerprint density at radius 2 is 1.70 bits per heavy atom. The number of anilines is 2. The molecule has 146 valence electrons. The largest absolute Gasteiger partial charge is 0.488 e. The fraction of sp³-hybridized carbons (Fsp3) is 0.400. The van der Waals surface area contributed by atoms with Gasteiger partial charge in [-0.1, -0.05) is 34.8 Å². The van der Waals surface area contributed by atoms with Gasteiger partial charge in [0.1, 0.15) is 0 Å². The normalized spacial score (nSPS) is 14.5. The monoisotopic (exact) mass is 428 g/mol. The van der Waals surface area contributed by atoms with Crippen molar-refractivity contribution in [3.63, 3.8) is 0 Å². The highest BCUT2D eigenvalue weighted by Crippen LogP contribution is 2.35. The average molecular weight is 430 g/mol. The molecule has 1 N–H and O–H groups in total. The number of hydrogen-bond acceptors (Lipinski definition) is 4. The maximum absolute atomic E-state index is 6.48. The first-order valence-corrected chi connectivity index (χ1v) is 10.1. The molecule has 0 saturated carbocycles. The van der Waals surface area contributed by atoms with E-state index in [0.29, 0.717) is 22.3 Å². The second kappa shape index (κ2) is 9.24. The van der Waals surface area contributed by atoms with Crippen LogP contribution in [0.15, 0.2) is 30.3 Å². The van der Waals surface area contributed by atoms with Gasteiger partial charge >= 0.3 is 0 Å². The number of morpholine rings is 1. The molecule has 27 heavy (non-hydrogen) atoms. The van der Waals surface area contributed by atoms with Crippen molar-refractivity contribution in [1.29, 1.82) is 0 Å². The molecule has 0 radical (unpaired) electrons. The topological polar surface area (TPSA) is 33.7 Å². The van der Waals surface area contributed by atoms with Crippen molar-refractivity contribution in [3.8, 4) is 5.75 Å². The lowest BCUT2D eigenvalue weighted by molar-refractivity contribution is 0.122. The summed E-state index contributed by atoms with van der Waals surface area (Å²) in [6, 6.07) is 9.72. The number of hydrogen-bond donors (Lipinski definition) is 1. The smallest absolute Gasteiger partial charge is 0.156 e. The van der Waals surface area contributed by atoms with Crippen molar-refractivity contribution in [2.24, 2.45) is 0 Å². The van der Waals surface area contributed by atoms with Crippen LogP contribution in [0.5, 0.6) is 5.75 Å². The number of rotatable bonds is 6. The van der Waals surface area contributed by atoms with Crippen LogP contribution in [0.25, 0.3) is 0 Å². The van der Waals surface area contributed by atoms with Crippen molar-refractivity contribution in [2.45, 2.75) is 26.5 Å². The van der Waals surface area contributed by atoms with E-state index < -0.39 is 0 Å². The Kier molecular flexibility index (Phi) is 6.99. The first-order chi connectivity index (χ1) is 12.9. The van der Waals surface area contributed by atoms with Crippen molar-refractivity contribution in [1.82, 2.24) is 0 Å². The van der Waals surface area contributed by atoms with Crippen molar-refractivity contribution in [2.75, 3.05) is 36.5 Å². The molecule has 1 aliphatic heterocycles. The third kappa shape index (κ3) is 5.35. The van der Waals surface area contributed by atoms with Crippen LogP contribution in [-0.2, 0) is 11.3 Å². The molecule has 4 nitrogen and oxygen atoms in total. The molecule has 2 aromatic carbocycles. The summed E-state index contributed by atoms with van der Waals surface area (Å²) in [7, 11) is 0. The lowest BCUT2D eigenvalue weighted by Gasteiger charge is -2.29. The average Bonchev–Trinajstić information content (AvgIpc) is 2.63. The predicted octanol–water partition coefficient (Wildman–Crippen LogP) is 5.88. The molecular formula is C20H23Cl3N2O2. The second-order valence-corrected chi connectivity index (χ2v) is 7.90. The Balaban J connectivity index is 1.67. The van der Waals surface area contributed by atoms with E-state index in [0.717, 1.165) is 48.3 Å². The van der Waals surface area contributed by atoms with E-state index in [-0.39, 0.29) is 6.10 Å². The third-order valence-electron chi connectivity index (χ3n) is 4.21. The molecule has 0 aliphatic carbocycles. The molecule has 2 aromatic rings. The van der Waals surface area contributed by atoms with Gasteiger partial charge in [-0.3, -0.25) is 0 Å². The van der Waals surface area contributed by atoms with Crippen LogP contribution in [0.2, 0.25) is 15.1 Å². The standard InChI is InChI=1S/C20H23Cl3N2O2/c1-13(2)27-20-17(22)9-14(10-18(20)23)12-24-15-3-4-19(16(21)11-15)25-5-7-26-8-6-25/h3-4,9-11,13,24H,5-8,12H2,1-2H3. The fourth-order valence-corrected chi connectivity index (χ4v) is 3.87. The van der Waals surface area contributed by atoms with Gasteiger partial charge in [-0.05, 0) is 49.7 Å². The highest BCUT2D eigenvalue weighted by molar-refractivity contribution is 6.37.